The van der Waals surface area contributed by atoms with Crippen molar-refractivity contribution in [2.24, 2.45) is 0 Å². The monoisotopic (exact) mass is 250 g/mol. The molecule has 1 aliphatic rings. The molecule has 0 saturated heterocycles. The first-order chi connectivity index (χ1) is 8.75. The van der Waals surface area contributed by atoms with E-state index in [-0.39, 0.29) is 19.0 Å². The standard InChI is InChI=1S/C14H18O4/c15-12-7-8-14(16)17-9-3-5-11-4-1-2-6-13(11)18-10-12/h1-2,4,6,12,15H,3,5,7-10H2. The van der Waals surface area contributed by atoms with Crippen LogP contribution < -0.4 is 4.74 Å². The van der Waals surface area contributed by atoms with Gasteiger partial charge in [-0.3, -0.25) is 4.79 Å². The van der Waals surface area contributed by atoms with Crippen LogP contribution in [0.2, 0.25) is 0 Å². The van der Waals surface area contributed by atoms with Gasteiger partial charge in [-0.1, -0.05) is 18.2 Å². The number of aliphatic hydroxyl groups excluding tert-OH is 1. The zero-order valence-corrected chi connectivity index (χ0v) is 10.3. The molecule has 4 nitrogen and oxygen atoms in total. The fraction of sp³-hybridized carbons (Fsp3) is 0.500. The lowest BCUT2D eigenvalue weighted by molar-refractivity contribution is -0.144. The maximum absolute atomic E-state index is 11.3. The molecule has 0 aromatic heterocycles. The average Bonchev–Trinajstić information content (AvgIpc) is 2.38. The summed E-state index contributed by atoms with van der Waals surface area (Å²) < 4.78 is 10.7. The molecule has 98 valence electrons. The van der Waals surface area contributed by atoms with Crippen molar-refractivity contribution in [3.63, 3.8) is 0 Å². The highest BCUT2D eigenvalue weighted by molar-refractivity contribution is 5.69. The lowest BCUT2D eigenvalue weighted by atomic mass is 10.1. The van der Waals surface area contributed by atoms with Gasteiger partial charge < -0.3 is 14.6 Å². The number of benzene rings is 1. The lowest BCUT2D eigenvalue weighted by Crippen LogP contribution is -2.20. The van der Waals surface area contributed by atoms with Crippen LogP contribution in [0.4, 0.5) is 0 Å². The highest BCUT2D eigenvalue weighted by Crippen LogP contribution is 2.20. The summed E-state index contributed by atoms with van der Waals surface area (Å²) in [7, 11) is 0. The van der Waals surface area contributed by atoms with Crippen LogP contribution >= 0.6 is 0 Å². The highest BCUT2D eigenvalue weighted by atomic mass is 16.5. The van der Waals surface area contributed by atoms with E-state index in [0.29, 0.717) is 13.0 Å². The number of cyclic esters (lactones) is 1. The van der Waals surface area contributed by atoms with Gasteiger partial charge in [-0.05, 0) is 30.9 Å². The SMILES string of the molecule is O=C1CCC(O)COc2ccccc2CCCO1. The number of carbonyl (C=O) groups is 1. The normalized spacial score (nSPS) is 21.8. The molecule has 1 unspecified atom stereocenters. The minimum absolute atomic E-state index is 0.213. The first-order valence-electron chi connectivity index (χ1n) is 6.30. The van der Waals surface area contributed by atoms with E-state index in [4.69, 9.17) is 9.47 Å². The van der Waals surface area contributed by atoms with Crippen molar-refractivity contribution < 1.29 is 19.4 Å². The van der Waals surface area contributed by atoms with Crippen molar-refractivity contribution in [3.8, 4) is 5.75 Å². The third-order valence-electron chi connectivity index (χ3n) is 2.94. The number of hydrogen-bond donors (Lipinski definition) is 1. The largest absolute Gasteiger partial charge is 0.491 e. The van der Waals surface area contributed by atoms with E-state index in [1.165, 1.54) is 0 Å². The second kappa shape index (κ2) is 6.40. The van der Waals surface area contributed by atoms with Crippen LogP contribution in [0.25, 0.3) is 0 Å². The second-order valence-electron chi connectivity index (χ2n) is 4.44. The molecule has 1 N–H and O–H groups in total. The molecule has 1 aromatic rings. The number of aryl methyl sites for hydroxylation is 1. The maximum atomic E-state index is 11.3. The summed E-state index contributed by atoms with van der Waals surface area (Å²) in [6, 6.07) is 7.77. The van der Waals surface area contributed by atoms with Gasteiger partial charge in [0.2, 0.25) is 0 Å². The third-order valence-corrected chi connectivity index (χ3v) is 2.94. The second-order valence-corrected chi connectivity index (χ2v) is 4.44. The number of esters is 1. The van der Waals surface area contributed by atoms with Crippen LogP contribution in [0.3, 0.4) is 0 Å². The van der Waals surface area contributed by atoms with Gasteiger partial charge in [0, 0.05) is 6.42 Å². The van der Waals surface area contributed by atoms with E-state index in [1.54, 1.807) is 0 Å². The Kier molecular flexibility index (Phi) is 4.59. The summed E-state index contributed by atoms with van der Waals surface area (Å²) >= 11 is 0. The number of aliphatic hydroxyl groups is 1. The van der Waals surface area contributed by atoms with Crippen molar-refractivity contribution in [1.82, 2.24) is 0 Å². The summed E-state index contributed by atoms with van der Waals surface area (Å²) in [5, 5.41) is 9.70. The fourth-order valence-electron chi connectivity index (χ4n) is 1.93. The van der Waals surface area contributed by atoms with Crippen molar-refractivity contribution in [2.45, 2.75) is 31.8 Å². The first-order valence-corrected chi connectivity index (χ1v) is 6.30. The molecule has 1 heterocycles. The Balaban J connectivity index is 2.06. The van der Waals surface area contributed by atoms with Gasteiger partial charge in [-0.25, -0.2) is 0 Å². The Bertz CT molecular complexity index is 403. The number of fused-ring (bicyclic) bond motifs is 1. The van der Waals surface area contributed by atoms with Crippen LogP contribution in [0.1, 0.15) is 24.8 Å². The molecule has 0 radical (unpaired) electrons. The van der Waals surface area contributed by atoms with Crippen LogP contribution in [0, 0.1) is 0 Å². The molecular formula is C14H18O4. The predicted molar refractivity (Wildman–Crippen MR) is 66.5 cm³/mol. The Morgan fingerprint density at radius 1 is 1.17 bits per heavy atom. The van der Waals surface area contributed by atoms with Crippen molar-refractivity contribution >= 4 is 5.97 Å². The van der Waals surface area contributed by atoms with Crippen molar-refractivity contribution in [1.29, 1.82) is 0 Å². The molecule has 0 spiro atoms. The number of ether oxygens (including phenoxy) is 2. The molecular weight excluding hydrogens is 232 g/mol. The topological polar surface area (TPSA) is 55.8 Å². The van der Waals surface area contributed by atoms with E-state index >= 15 is 0 Å². The molecule has 0 saturated carbocycles. The molecule has 0 fully saturated rings. The zero-order valence-electron chi connectivity index (χ0n) is 10.3. The van der Waals surface area contributed by atoms with Gasteiger partial charge in [0.15, 0.2) is 0 Å². The van der Waals surface area contributed by atoms with E-state index in [1.807, 2.05) is 24.3 Å². The van der Waals surface area contributed by atoms with E-state index in [2.05, 4.69) is 0 Å². The fourth-order valence-corrected chi connectivity index (χ4v) is 1.93. The summed E-state index contributed by atoms with van der Waals surface area (Å²) in [4.78, 5) is 11.3. The Labute approximate surface area is 107 Å². The molecule has 1 atom stereocenters. The van der Waals surface area contributed by atoms with Gasteiger partial charge in [0.25, 0.3) is 0 Å². The Hall–Kier alpha value is -1.55. The van der Waals surface area contributed by atoms with Crippen LogP contribution in [0.5, 0.6) is 5.75 Å². The molecule has 0 aliphatic carbocycles. The lowest BCUT2D eigenvalue weighted by Gasteiger charge is -2.16. The van der Waals surface area contributed by atoms with Crippen LogP contribution in [-0.2, 0) is 16.0 Å². The molecule has 18 heavy (non-hydrogen) atoms. The third kappa shape index (κ3) is 3.74. The molecule has 0 amide bonds. The maximum Gasteiger partial charge on any atom is 0.305 e. The minimum atomic E-state index is -0.634. The average molecular weight is 250 g/mol. The minimum Gasteiger partial charge on any atom is -0.491 e. The number of para-hydroxylation sites is 1. The molecule has 1 aliphatic heterocycles. The number of hydrogen-bond acceptors (Lipinski definition) is 4. The predicted octanol–water partition coefficient (Wildman–Crippen LogP) is 1.70. The molecule has 2 rings (SSSR count). The van der Waals surface area contributed by atoms with Gasteiger partial charge >= 0.3 is 5.97 Å². The zero-order chi connectivity index (χ0) is 12.8. The summed E-state index contributed by atoms with van der Waals surface area (Å²) in [5.74, 6) is 0.561. The number of rotatable bonds is 0. The smallest absolute Gasteiger partial charge is 0.305 e. The Morgan fingerprint density at radius 2 is 2.00 bits per heavy atom. The van der Waals surface area contributed by atoms with E-state index in [9.17, 15) is 9.90 Å². The number of carbonyl (C=O) groups excluding carboxylic acids is 1. The van der Waals surface area contributed by atoms with Crippen LogP contribution in [0.15, 0.2) is 24.3 Å². The molecule has 4 heteroatoms. The van der Waals surface area contributed by atoms with Gasteiger partial charge in [-0.15, -0.1) is 0 Å². The van der Waals surface area contributed by atoms with Crippen LogP contribution in [-0.4, -0.2) is 30.4 Å². The summed E-state index contributed by atoms with van der Waals surface area (Å²) in [5.41, 5.74) is 1.08. The van der Waals surface area contributed by atoms with Gasteiger partial charge in [-0.2, -0.15) is 0 Å². The molecule has 0 bridgehead atoms. The summed E-state index contributed by atoms with van der Waals surface area (Å²) in [6.45, 7) is 0.632. The highest BCUT2D eigenvalue weighted by Gasteiger charge is 2.13. The van der Waals surface area contributed by atoms with Crippen molar-refractivity contribution in [2.75, 3.05) is 13.2 Å². The molecule has 1 aromatic carbocycles. The quantitative estimate of drug-likeness (QED) is 0.712. The van der Waals surface area contributed by atoms with E-state index in [0.717, 1.165) is 24.2 Å². The Morgan fingerprint density at radius 3 is 2.89 bits per heavy atom. The van der Waals surface area contributed by atoms with Gasteiger partial charge in [0.1, 0.15) is 12.4 Å². The summed E-state index contributed by atoms with van der Waals surface area (Å²) in [6.07, 6.45) is 1.58. The van der Waals surface area contributed by atoms with Gasteiger partial charge in [0.05, 0.1) is 12.7 Å². The van der Waals surface area contributed by atoms with Crippen molar-refractivity contribution in [3.05, 3.63) is 29.8 Å². The first kappa shape index (κ1) is 12.9. The van der Waals surface area contributed by atoms with E-state index < -0.39 is 6.10 Å².